The van der Waals surface area contributed by atoms with Crippen molar-refractivity contribution in [2.75, 3.05) is 18.1 Å². The van der Waals surface area contributed by atoms with Crippen LogP contribution in [0.4, 0.5) is 0 Å². The Kier molecular flexibility index (Phi) is 6.06. The molecule has 19 heavy (non-hydrogen) atoms. The third-order valence-electron chi connectivity index (χ3n) is 1.99. The van der Waals surface area contributed by atoms with Gasteiger partial charge >= 0.3 is 5.97 Å². The minimum atomic E-state index is -3.63. The molecule has 1 aromatic heterocycles. The lowest BCUT2D eigenvalue weighted by molar-refractivity contribution is -0.137. The summed E-state index contributed by atoms with van der Waals surface area (Å²) in [4.78, 5) is 10.4. The molecule has 0 bridgehead atoms. The summed E-state index contributed by atoms with van der Waals surface area (Å²) < 4.78 is 27.1. The summed E-state index contributed by atoms with van der Waals surface area (Å²) in [7, 11) is -3.63. The van der Waals surface area contributed by atoms with Gasteiger partial charge in [0.2, 0.25) is 10.0 Å². The molecule has 0 spiro atoms. The smallest absolute Gasteiger partial charge is 0.325 e. The second-order valence-corrected chi connectivity index (χ2v) is 6.45. The maximum absolute atomic E-state index is 11.8. The Labute approximate surface area is 115 Å². The first kappa shape index (κ1) is 15.7. The first-order valence-corrected chi connectivity index (χ1v) is 8.02. The minimum Gasteiger partial charge on any atom is -0.480 e. The van der Waals surface area contributed by atoms with Crippen molar-refractivity contribution < 1.29 is 18.3 Å². The topological polar surface area (TPSA) is 101 Å². The lowest BCUT2D eigenvalue weighted by Gasteiger charge is -2.03. The van der Waals surface area contributed by atoms with Gasteiger partial charge in [0.25, 0.3) is 0 Å². The van der Waals surface area contributed by atoms with E-state index in [0.29, 0.717) is 12.3 Å². The van der Waals surface area contributed by atoms with E-state index in [9.17, 15) is 13.2 Å². The van der Waals surface area contributed by atoms with Crippen LogP contribution in [0, 0.1) is 0 Å². The van der Waals surface area contributed by atoms with Gasteiger partial charge in [-0.15, -0.1) is 6.58 Å². The van der Waals surface area contributed by atoms with Crippen LogP contribution in [-0.2, 0) is 21.4 Å². The third-order valence-corrected chi connectivity index (χ3v) is 4.37. The molecule has 0 aliphatic rings. The average Bonchev–Trinajstić information content (AvgIpc) is 2.77. The molecule has 2 N–H and O–H groups in total. The number of carboxylic acids is 1. The van der Waals surface area contributed by atoms with E-state index in [-0.39, 0.29) is 11.4 Å². The van der Waals surface area contributed by atoms with Crippen LogP contribution in [0.5, 0.6) is 0 Å². The summed E-state index contributed by atoms with van der Waals surface area (Å²) >= 11 is 1.56. The van der Waals surface area contributed by atoms with Gasteiger partial charge in [-0.2, -0.15) is 16.9 Å². The molecule has 106 valence electrons. The Hall–Kier alpha value is -1.32. The fourth-order valence-corrected chi connectivity index (χ4v) is 2.90. The molecule has 0 amide bonds. The number of thioether (sulfide) groups is 1. The maximum atomic E-state index is 11.8. The molecule has 0 saturated heterocycles. The van der Waals surface area contributed by atoms with E-state index in [4.69, 9.17) is 5.11 Å². The Morgan fingerprint density at radius 2 is 2.37 bits per heavy atom. The molecular formula is C10H15N3O4S2. The van der Waals surface area contributed by atoms with Crippen LogP contribution in [0.2, 0.25) is 0 Å². The molecule has 1 aromatic rings. The van der Waals surface area contributed by atoms with Gasteiger partial charge in [-0.05, 0) is 0 Å². The van der Waals surface area contributed by atoms with Gasteiger partial charge in [0.05, 0.1) is 6.20 Å². The van der Waals surface area contributed by atoms with Crippen LogP contribution >= 0.6 is 11.8 Å². The summed E-state index contributed by atoms with van der Waals surface area (Å²) in [5.74, 6) is 0.313. The van der Waals surface area contributed by atoms with Crippen LogP contribution in [0.3, 0.4) is 0 Å². The minimum absolute atomic E-state index is 0.0394. The fraction of sp³-hybridized carbons (Fsp3) is 0.400. The highest BCUT2D eigenvalue weighted by atomic mass is 32.2. The molecule has 9 heteroatoms. The number of aromatic nitrogens is 2. The number of carboxylic acid groups (broad SMARTS) is 1. The van der Waals surface area contributed by atoms with Crippen LogP contribution in [0.15, 0.2) is 29.9 Å². The Bertz CT molecular complexity index is 539. The molecule has 1 rings (SSSR count). The summed E-state index contributed by atoms with van der Waals surface area (Å²) in [5, 5.41) is 12.2. The molecule has 0 aromatic carbocycles. The van der Waals surface area contributed by atoms with Crippen molar-refractivity contribution in [2.24, 2.45) is 0 Å². The predicted molar refractivity (Wildman–Crippen MR) is 72.6 cm³/mol. The molecule has 0 fully saturated rings. The molecule has 0 radical (unpaired) electrons. The molecule has 0 aliphatic carbocycles. The molecule has 7 nitrogen and oxygen atoms in total. The van der Waals surface area contributed by atoms with Crippen molar-refractivity contribution >= 4 is 27.8 Å². The van der Waals surface area contributed by atoms with Crippen LogP contribution < -0.4 is 4.72 Å². The normalized spacial score (nSPS) is 11.4. The first-order chi connectivity index (χ1) is 8.95. The first-order valence-electron chi connectivity index (χ1n) is 5.38. The summed E-state index contributed by atoms with van der Waals surface area (Å²) in [6.45, 7) is 3.49. The number of hydrogen-bond acceptors (Lipinski definition) is 5. The Morgan fingerprint density at radius 1 is 1.63 bits per heavy atom. The lowest BCUT2D eigenvalue weighted by Crippen LogP contribution is -2.25. The average molecular weight is 305 g/mol. The zero-order valence-electron chi connectivity index (χ0n) is 10.2. The summed E-state index contributed by atoms with van der Waals surface area (Å²) in [5.41, 5.74) is 0. The van der Waals surface area contributed by atoms with Gasteiger partial charge in [0.15, 0.2) is 0 Å². The van der Waals surface area contributed by atoms with E-state index in [2.05, 4.69) is 16.4 Å². The van der Waals surface area contributed by atoms with Crippen molar-refractivity contribution in [1.29, 1.82) is 0 Å². The van der Waals surface area contributed by atoms with Crippen LogP contribution in [-0.4, -0.2) is 47.3 Å². The Balaban J connectivity index is 2.54. The monoisotopic (exact) mass is 305 g/mol. The van der Waals surface area contributed by atoms with Crippen molar-refractivity contribution in [1.82, 2.24) is 14.5 Å². The number of nitrogens with zero attached hydrogens (tertiary/aromatic N) is 2. The number of aliphatic carboxylic acids is 1. The van der Waals surface area contributed by atoms with Gasteiger partial charge in [0, 0.05) is 24.2 Å². The second-order valence-electron chi connectivity index (χ2n) is 3.53. The SMILES string of the molecule is C=CCSCCNS(=O)(=O)c1cnn(CC(=O)O)c1. The van der Waals surface area contributed by atoms with E-state index < -0.39 is 16.0 Å². The number of hydrogen-bond donors (Lipinski definition) is 2. The number of rotatable bonds is 9. The predicted octanol–water partition coefficient (Wildman–Crippen LogP) is 0.165. The summed E-state index contributed by atoms with van der Waals surface area (Å²) in [6, 6.07) is 0. The lowest BCUT2D eigenvalue weighted by atomic mass is 10.6. The molecule has 0 saturated carbocycles. The third kappa shape index (κ3) is 5.45. The number of nitrogens with one attached hydrogen (secondary N) is 1. The molecular weight excluding hydrogens is 290 g/mol. The highest BCUT2D eigenvalue weighted by Crippen LogP contribution is 2.07. The molecule has 0 unspecified atom stereocenters. The van der Waals surface area contributed by atoms with E-state index in [1.807, 2.05) is 0 Å². The van der Waals surface area contributed by atoms with Crippen molar-refractivity contribution in [2.45, 2.75) is 11.4 Å². The fourth-order valence-electron chi connectivity index (χ4n) is 1.21. The van der Waals surface area contributed by atoms with E-state index in [0.717, 1.165) is 16.6 Å². The van der Waals surface area contributed by atoms with Crippen LogP contribution in [0.25, 0.3) is 0 Å². The number of sulfonamides is 1. The van der Waals surface area contributed by atoms with E-state index >= 15 is 0 Å². The van der Waals surface area contributed by atoms with Gasteiger partial charge in [-0.25, -0.2) is 13.1 Å². The number of carbonyl (C=O) groups is 1. The van der Waals surface area contributed by atoms with Crippen molar-refractivity contribution in [3.05, 3.63) is 25.0 Å². The standard InChI is InChI=1S/C10H15N3O4S2/c1-2-4-18-5-3-12-19(16,17)9-6-11-13(7-9)8-10(14)15/h2,6-7,12H,1,3-5,8H2,(H,14,15). The van der Waals surface area contributed by atoms with E-state index in [1.54, 1.807) is 17.8 Å². The molecule has 0 atom stereocenters. The largest absolute Gasteiger partial charge is 0.480 e. The van der Waals surface area contributed by atoms with Gasteiger partial charge in [0.1, 0.15) is 11.4 Å². The molecule has 1 heterocycles. The quantitative estimate of drug-likeness (QED) is 0.498. The molecule has 0 aliphatic heterocycles. The summed E-state index contributed by atoms with van der Waals surface area (Å²) in [6.07, 6.45) is 4.06. The maximum Gasteiger partial charge on any atom is 0.325 e. The highest BCUT2D eigenvalue weighted by molar-refractivity contribution is 7.99. The van der Waals surface area contributed by atoms with Crippen LogP contribution in [0.1, 0.15) is 0 Å². The van der Waals surface area contributed by atoms with Crippen molar-refractivity contribution in [3.8, 4) is 0 Å². The Morgan fingerprint density at radius 3 is 3.00 bits per heavy atom. The van der Waals surface area contributed by atoms with Crippen molar-refractivity contribution in [3.63, 3.8) is 0 Å². The van der Waals surface area contributed by atoms with Gasteiger partial charge in [-0.1, -0.05) is 6.08 Å². The van der Waals surface area contributed by atoms with Gasteiger partial charge < -0.3 is 5.11 Å². The second kappa shape index (κ2) is 7.31. The zero-order chi connectivity index (χ0) is 14.3. The van der Waals surface area contributed by atoms with E-state index in [1.165, 1.54) is 6.20 Å². The zero-order valence-corrected chi connectivity index (χ0v) is 11.8. The van der Waals surface area contributed by atoms with Gasteiger partial charge in [-0.3, -0.25) is 9.48 Å². The highest BCUT2D eigenvalue weighted by Gasteiger charge is 2.16.